The molecule has 2 aliphatic heterocycles. The summed E-state index contributed by atoms with van der Waals surface area (Å²) < 4.78 is 0. The number of hydrogen-bond donors (Lipinski definition) is 8. The number of benzene rings is 1. The summed E-state index contributed by atoms with van der Waals surface area (Å²) in [5, 5.41) is 55.1. The summed E-state index contributed by atoms with van der Waals surface area (Å²) >= 11 is 0. The van der Waals surface area contributed by atoms with Gasteiger partial charge in [0.1, 0.15) is 0 Å². The topological polar surface area (TPSA) is 273 Å². The fourth-order valence-electron chi connectivity index (χ4n) is 6.36. The SMILES string of the molecule is O=C(O)CN1CCN(CC(=O)O)CCN(CC(=O)NCCCC(=O)NCc2ccc(C(=O)NCC(=O)N3CCC[C@H]3B(O)O)cc2)CCN(CC(=O)O)CC1. The second kappa shape index (κ2) is 23.3. The van der Waals surface area contributed by atoms with E-state index in [0.29, 0.717) is 44.5 Å². The molecule has 1 aromatic carbocycles. The molecule has 0 unspecified atom stereocenters. The largest absolute Gasteiger partial charge is 0.480 e. The summed E-state index contributed by atoms with van der Waals surface area (Å²) in [6.45, 7) is 1.98. The van der Waals surface area contributed by atoms with Gasteiger partial charge in [0.25, 0.3) is 5.91 Å². The van der Waals surface area contributed by atoms with Crippen molar-refractivity contribution in [2.75, 3.05) is 98.2 Å². The van der Waals surface area contributed by atoms with Gasteiger partial charge in [-0.3, -0.25) is 53.2 Å². The maximum absolute atomic E-state index is 12.9. The van der Waals surface area contributed by atoms with E-state index < -0.39 is 42.8 Å². The van der Waals surface area contributed by atoms with Crippen LogP contribution in [0.2, 0.25) is 0 Å². The Morgan fingerprint density at radius 2 is 1.13 bits per heavy atom. The van der Waals surface area contributed by atoms with E-state index in [9.17, 15) is 58.9 Å². The molecule has 2 heterocycles. The summed E-state index contributed by atoms with van der Waals surface area (Å²) in [4.78, 5) is 92.8. The number of rotatable bonds is 18. The highest BCUT2D eigenvalue weighted by Crippen LogP contribution is 2.18. The van der Waals surface area contributed by atoms with Crippen LogP contribution < -0.4 is 16.0 Å². The van der Waals surface area contributed by atoms with E-state index in [1.54, 1.807) is 39.0 Å². The predicted molar refractivity (Wildman–Crippen MR) is 196 cm³/mol. The lowest BCUT2D eigenvalue weighted by Gasteiger charge is -2.32. The number of amides is 4. The van der Waals surface area contributed by atoms with E-state index in [-0.39, 0.29) is 103 Å². The molecule has 2 aliphatic rings. The van der Waals surface area contributed by atoms with Crippen molar-refractivity contribution in [3.05, 3.63) is 35.4 Å². The zero-order valence-corrected chi connectivity index (χ0v) is 30.9. The summed E-state index contributed by atoms with van der Waals surface area (Å²) in [7, 11) is -1.64. The molecule has 0 saturated carbocycles. The number of carboxylic acid groups (broad SMARTS) is 3. The van der Waals surface area contributed by atoms with Gasteiger partial charge < -0.3 is 46.2 Å². The molecule has 0 aliphatic carbocycles. The van der Waals surface area contributed by atoms with E-state index in [1.165, 1.54) is 4.90 Å². The molecule has 0 spiro atoms. The molecule has 21 heteroatoms. The Balaban J connectivity index is 1.40. The number of carbonyl (C=O) groups is 7. The molecule has 1 aromatic rings. The van der Waals surface area contributed by atoms with Crippen LogP contribution in [-0.4, -0.2) is 203 Å². The predicted octanol–water partition coefficient (Wildman–Crippen LogP) is -3.59. The third-order valence-electron chi connectivity index (χ3n) is 9.35. The summed E-state index contributed by atoms with van der Waals surface area (Å²) in [6.07, 6.45) is 1.62. The number of likely N-dealkylation sites (tertiary alicyclic amines) is 1. The molecule has 304 valence electrons. The third kappa shape index (κ3) is 17.1. The Hall–Kier alpha value is -4.67. The standard InChI is InChI=1S/C34H53BN8O12/c44-28(37-19-25-5-7-26(8-6-25)34(53)38-20-30(46)43-10-2-3-27(43)35(54)55)4-1-9-36-29(45)21-39-11-13-40(22-31(47)48)15-17-42(24-33(51)52)18-16-41(14-12-39)23-32(49)50/h5-8,27,54-55H,1-4,9-24H2,(H,36,45)(H,37,44)(H,38,53)(H,47,48)(H,49,50)(H,51,52)/t27-/m0/s1. The van der Waals surface area contributed by atoms with Crippen LogP contribution in [0.25, 0.3) is 0 Å². The fourth-order valence-corrected chi connectivity index (χ4v) is 6.36. The molecule has 20 nitrogen and oxygen atoms in total. The number of nitrogens with zero attached hydrogens (tertiary/aromatic N) is 5. The number of carbonyl (C=O) groups excluding carboxylic acids is 4. The highest BCUT2D eigenvalue weighted by molar-refractivity contribution is 6.43. The monoisotopic (exact) mass is 776 g/mol. The zero-order valence-electron chi connectivity index (χ0n) is 30.9. The van der Waals surface area contributed by atoms with E-state index in [0.717, 1.165) is 5.56 Å². The Morgan fingerprint density at radius 1 is 0.636 bits per heavy atom. The van der Waals surface area contributed by atoms with Crippen molar-refractivity contribution in [3.8, 4) is 0 Å². The lowest BCUT2D eigenvalue weighted by atomic mass is 9.78. The number of hydrogen-bond acceptors (Lipinski definition) is 13. The molecule has 0 bridgehead atoms. The van der Waals surface area contributed by atoms with Crippen LogP contribution in [0.15, 0.2) is 24.3 Å². The average Bonchev–Trinajstić information content (AvgIpc) is 3.63. The summed E-state index contributed by atoms with van der Waals surface area (Å²) in [6, 6.07) is 6.47. The van der Waals surface area contributed by atoms with Crippen molar-refractivity contribution in [2.24, 2.45) is 0 Å². The van der Waals surface area contributed by atoms with Crippen LogP contribution in [0, 0.1) is 0 Å². The zero-order chi connectivity index (χ0) is 40.3. The molecular formula is C34H53BN8O12. The average molecular weight is 777 g/mol. The number of nitrogens with one attached hydrogen (secondary N) is 3. The molecule has 2 saturated heterocycles. The normalized spacial score (nSPS) is 18.1. The van der Waals surface area contributed by atoms with E-state index in [4.69, 9.17) is 0 Å². The van der Waals surface area contributed by atoms with Crippen LogP contribution >= 0.6 is 0 Å². The lowest BCUT2D eigenvalue weighted by molar-refractivity contribution is -0.140. The molecular weight excluding hydrogens is 723 g/mol. The van der Waals surface area contributed by atoms with E-state index in [2.05, 4.69) is 16.0 Å². The van der Waals surface area contributed by atoms with Crippen molar-refractivity contribution >= 4 is 48.7 Å². The second-order valence-corrected chi connectivity index (χ2v) is 13.6. The van der Waals surface area contributed by atoms with Crippen LogP contribution in [0.3, 0.4) is 0 Å². The maximum Gasteiger partial charge on any atom is 0.475 e. The first-order valence-electron chi connectivity index (χ1n) is 18.3. The number of aliphatic carboxylic acids is 3. The second-order valence-electron chi connectivity index (χ2n) is 13.6. The van der Waals surface area contributed by atoms with Gasteiger partial charge in [-0.05, 0) is 37.0 Å². The van der Waals surface area contributed by atoms with Crippen LogP contribution in [0.1, 0.15) is 41.6 Å². The fraction of sp³-hybridized carbons (Fsp3) is 0.618. The molecule has 0 aromatic heterocycles. The highest BCUT2D eigenvalue weighted by Gasteiger charge is 2.36. The minimum absolute atomic E-state index is 0.0315. The quantitative estimate of drug-likeness (QED) is 0.0529. The Morgan fingerprint density at radius 3 is 1.60 bits per heavy atom. The van der Waals surface area contributed by atoms with Gasteiger partial charge in [-0.1, -0.05) is 12.1 Å². The van der Waals surface area contributed by atoms with Crippen molar-refractivity contribution < 1.29 is 58.9 Å². The van der Waals surface area contributed by atoms with Gasteiger partial charge in [-0.15, -0.1) is 0 Å². The van der Waals surface area contributed by atoms with Gasteiger partial charge in [0.15, 0.2) is 0 Å². The Kier molecular flexibility index (Phi) is 18.9. The van der Waals surface area contributed by atoms with E-state index in [1.807, 2.05) is 4.90 Å². The van der Waals surface area contributed by atoms with Crippen LogP contribution in [0.5, 0.6) is 0 Å². The van der Waals surface area contributed by atoms with Gasteiger partial charge in [0.05, 0.1) is 38.7 Å². The maximum atomic E-state index is 12.9. The summed E-state index contributed by atoms with van der Waals surface area (Å²) in [5.74, 6) is -5.24. The highest BCUT2D eigenvalue weighted by atomic mass is 16.4. The first-order chi connectivity index (χ1) is 26.2. The molecule has 2 fully saturated rings. The van der Waals surface area contributed by atoms with Gasteiger partial charge in [0, 0.05) is 84.0 Å². The van der Waals surface area contributed by atoms with Crippen molar-refractivity contribution in [2.45, 2.75) is 38.2 Å². The van der Waals surface area contributed by atoms with Gasteiger partial charge in [-0.2, -0.15) is 0 Å². The molecule has 4 amide bonds. The molecule has 8 N–H and O–H groups in total. The van der Waals surface area contributed by atoms with Crippen molar-refractivity contribution in [1.29, 1.82) is 0 Å². The minimum atomic E-state index is -1.64. The van der Waals surface area contributed by atoms with Crippen LogP contribution in [0.4, 0.5) is 0 Å². The first-order valence-corrected chi connectivity index (χ1v) is 18.3. The third-order valence-corrected chi connectivity index (χ3v) is 9.35. The first kappa shape index (κ1) is 44.7. The van der Waals surface area contributed by atoms with Crippen molar-refractivity contribution in [1.82, 2.24) is 40.4 Å². The van der Waals surface area contributed by atoms with E-state index >= 15 is 0 Å². The van der Waals surface area contributed by atoms with Crippen LogP contribution in [-0.2, 0) is 35.3 Å². The Labute approximate surface area is 319 Å². The van der Waals surface area contributed by atoms with Crippen molar-refractivity contribution in [3.63, 3.8) is 0 Å². The lowest BCUT2D eigenvalue weighted by Crippen LogP contribution is -2.49. The smallest absolute Gasteiger partial charge is 0.475 e. The molecule has 3 rings (SSSR count). The van der Waals surface area contributed by atoms with Gasteiger partial charge in [0.2, 0.25) is 17.7 Å². The molecule has 0 radical (unpaired) electrons. The minimum Gasteiger partial charge on any atom is -0.480 e. The molecule has 1 atom stereocenters. The number of carboxylic acids is 3. The molecule has 55 heavy (non-hydrogen) atoms. The van der Waals surface area contributed by atoms with Gasteiger partial charge in [-0.25, -0.2) is 0 Å². The summed E-state index contributed by atoms with van der Waals surface area (Å²) in [5.41, 5.74) is 1.05. The Bertz CT molecular complexity index is 1440. The van der Waals surface area contributed by atoms with Gasteiger partial charge >= 0.3 is 25.0 Å².